The van der Waals surface area contributed by atoms with E-state index in [1.807, 2.05) is 102 Å². The molecule has 0 bridgehead atoms. The molecule has 1 heterocycles. The Kier molecular flexibility index (Phi) is 5.64. The van der Waals surface area contributed by atoms with Crippen LogP contribution in [0.1, 0.15) is 5.48 Å². The first-order valence-corrected chi connectivity index (χ1v) is 16.8. The molecule has 0 amide bonds. The van der Waals surface area contributed by atoms with Crippen LogP contribution in [0, 0.1) is 0 Å². The molecule has 0 N–H and O–H groups in total. The first-order valence-electron chi connectivity index (χ1n) is 18.8. The summed E-state index contributed by atoms with van der Waals surface area (Å²) < 4.78 is 44.9. The third-order valence-corrected chi connectivity index (χ3v) is 9.69. The zero-order valence-corrected chi connectivity index (χ0v) is 26.9. The molecule has 10 aromatic rings. The lowest BCUT2D eigenvalue weighted by molar-refractivity contribution is 0.672. The average molecular weight is 642 g/mol. The van der Waals surface area contributed by atoms with Crippen molar-refractivity contribution in [3.05, 3.63) is 188 Å². The third kappa shape index (κ3) is 4.65. The quantitative estimate of drug-likeness (QED) is 0.186. The molecule has 234 valence electrons. The lowest BCUT2D eigenvalue weighted by Crippen LogP contribution is -2.10. The van der Waals surface area contributed by atoms with Crippen LogP contribution in [0.4, 0.5) is 17.1 Å². The van der Waals surface area contributed by atoms with Crippen LogP contribution in [0.2, 0.25) is 0 Å². The molecule has 0 saturated heterocycles. The molecule has 0 radical (unpaired) electrons. The molecule has 50 heavy (non-hydrogen) atoms. The summed E-state index contributed by atoms with van der Waals surface area (Å²) in [4.78, 5) is 1.88. The smallest absolute Gasteiger partial charge is 0.143 e. The van der Waals surface area contributed by atoms with Crippen molar-refractivity contribution in [3.63, 3.8) is 0 Å². The Morgan fingerprint density at radius 1 is 0.420 bits per heavy atom. The Bertz CT molecular complexity index is 3100. The van der Waals surface area contributed by atoms with Crippen LogP contribution < -0.4 is 4.90 Å². The molecule has 9 aromatic carbocycles. The number of hydrogen-bond donors (Lipinski definition) is 0. The molecule has 0 spiro atoms. The van der Waals surface area contributed by atoms with E-state index in [0.717, 1.165) is 59.8 Å². The number of fused-ring (bicyclic) bond motifs is 7. The summed E-state index contributed by atoms with van der Waals surface area (Å²) in [6, 6.07) is 54.0. The molecular formula is C48H31NO. The Labute approximate surface area is 295 Å². The number of hydrogen-bond acceptors (Lipinski definition) is 2. The van der Waals surface area contributed by atoms with Crippen LogP contribution >= 0.6 is 0 Å². The molecule has 0 unspecified atom stereocenters. The number of furan rings is 1. The zero-order valence-electron chi connectivity index (χ0n) is 30.9. The normalized spacial score (nSPS) is 12.7. The van der Waals surface area contributed by atoms with Crippen molar-refractivity contribution in [2.75, 3.05) is 4.90 Å². The van der Waals surface area contributed by atoms with E-state index < -0.39 is 0 Å². The topological polar surface area (TPSA) is 16.4 Å². The maximum atomic E-state index is 9.65. The van der Waals surface area contributed by atoms with Crippen molar-refractivity contribution < 1.29 is 9.90 Å². The van der Waals surface area contributed by atoms with Crippen LogP contribution in [0.15, 0.2) is 192 Å². The van der Waals surface area contributed by atoms with Gasteiger partial charge in [0.25, 0.3) is 0 Å². The fraction of sp³-hybridized carbons (Fsp3) is 0. The van der Waals surface area contributed by atoms with E-state index in [1.54, 1.807) is 0 Å². The van der Waals surface area contributed by atoms with Gasteiger partial charge in [0.2, 0.25) is 0 Å². The monoisotopic (exact) mass is 641 g/mol. The van der Waals surface area contributed by atoms with Crippen molar-refractivity contribution >= 4 is 71.3 Å². The Morgan fingerprint density at radius 3 is 1.94 bits per heavy atom. The average Bonchev–Trinajstić information content (AvgIpc) is 3.62. The second-order valence-corrected chi connectivity index (χ2v) is 12.6. The molecule has 2 nitrogen and oxygen atoms in total. The van der Waals surface area contributed by atoms with Crippen LogP contribution in [0.3, 0.4) is 0 Å². The van der Waals surface area contributed by atoms with E-state index in [1.165, 1.54) is 0 Å². The molecule has 0 aliphatic heterocycles. The second-order valence-electron chi connectivity index (χ2n) is 12.6. The number of benzene rings is 9. The van der Waals surface area contributed by atoms with E-state index in [0.29, 0.717) is 22.5 Å². The lowest BCUT2D eigenvalue weighted by Gasteiger charge is -2.27. The van der Waals surface area contributed by atoms with Crippen LogP contribution in [-0.4, -0.2) is 0 Å². The van der Waals surface area contributed by atoms with Gasteiger partial charge in [-0.05, 0) is 97.7 Å². The van der Waals surface area contributed by atoms with Gasteiger partial charge in [0.05, 0.1) is 16.6 Å². The fourth-order valence-corrected chi connectivity index (χ4v) is 7.30. The highest BCUT2D eigenvalue weighted by Gasteiger charge is 2.21. The van der Waals surface area contributed by atoms with E-state index >= 15 is 0 Å². The molecule has 2 heteroatoms. The maximum Gasteiger partial charge on any atom is 0.143 e. The summed E-state index contributed by atoms with van der Waals surface area (Å²) >= 11 is 0. The van der Waals surface area contributed by atoms with Gasteiger partial charge in [0.15, 0.2) is 0 Å². The van der Waals surface area contributed by atoms with E-state index in [4.69, 9.17) is 4.42 Å². The lowest BCUT2D eigenvalue weighted by atomic mass is 9.97. The van der Waals surface area contributed by atoms with Crippen molar-refractivity contribution in [2.45, 2.75) is 0 Å². The van der Waals surface area contributed by atoms with Gasteiger partial charge >= 0.3 is 0 Å². The van der Waals surface area contributed by atoms with Gasteiger partial charge < -0.3 is 9.32 Å². The van der Waals surface area contributed by atoms with Crippen LogP contribution in [-0.2, 0) is 0 Å². The van der Waals surface area contributed by atoms with Gasteiger partial charge in [-0.15, -0.1) is 0 Å². The van der Waals surface area contributed by atoms with Crippen molar-refractivity contribution in [3.8, 4) is 22.3 Å². The largest absolute Gasteiger partial charge is 0.455 e. The number of rotatable bonds is 5. The number of nitrogens with zero attached hydrogens (tertiary/aromatic N) is 1. The highest BCUT2D eigenvalue weighted by atomic mass is 16.3. The van der Waals surface area contributed by atoms with E-state index in [9.17, 15) is 5.48 Å². The van der Waals surface area contributed by atoms with Crippen molar-refractivity contribution in [1.29, 1.82) is 0 Å². The highest BCUT2D eigenvalue weighted by Crippen LogP contribution is 2.45. The van der Waals surface area contributed by atoms with Gasteiger partial charge in [-0.3, -0.25) is 0 Å². The standard InChI is InChI=1S/C48H31NO/c1-2-13-36-30-38(23-22-32(36)10-1)37-15-7-16-40(31-37)49(39-27-24-35(25-28-39)42-19-8-14-33-11-3-5-17-41(33)42)45-20-9-21-46-47(45)44-29-26-34-12-4-6-18-43(34)48(44)50-46/h1-31H/i24D,25D,27D,28D. The van der Waals surface area contributed by atoms with Crippen molar-refractivity contribution in [1.82, 2.24) is 0 Å². The highest BCUT2D eigenvalue weighted by molar-refractivity contribution is 6.19. The molecule has 0 atom stereocenters. The van der Waals surface area contributed by atoms with Gasteiger partial charge in [-0.2, -0.15) is 0 Å². The summed E-state index contributed by atoms with van der Waals surface area (Å²) in [5.74, 6) is 0. The fourth-order valence-electron chi connectivity index (χ4n) is 7.30. The summed E-state index contributed by atoms with van der Waals surface area (Å²) in [5, 5.41) is 7.90. The van der Waals surface area contributed by atoms with E-state index in [-0.39, 0.29) is 35.4 Å². The zero-order chi connectivity index (χ0) is 36.5. The summed E-state index contributed by atoms with van der Waals surface area (Å²) in [6.45, 7) is 0. The molecule has 10 rings (SSSR count). The molecule has 0 fully saturated rings. The minimum Gasteiger partial charge on any atom is -0.455 e. The number of anilines is 3. The molecule has 0 aliphatic carbocycles. The first-order chi connectivity index (χ1) is 26.5. The maximum absolute atomic E-state index is 9.65. The minimum absolute atomic E-state index is 0.103. The molecule has 0 aliphatic rings. The predicted molar refractivity (Wildman–Crippen MR) is 212 cm³/mol. The van der Waals surface area contributed by atoms with Crippen molar-refractivity contribution in [2.24, 2.45) is 0 Å². The minimum atomic E-state index is -0.134. The molecular weight excluding hydrogens is 607 g/mol. The van der Waals surface area contributed by atoms with Crippen LogP contribution in [0.5, 0.6) is 0 Å². The predicted octanol–water partition coefficient (Wildman–Crippen LogP) is 13.8. The first kappa shape index (κ1) is 24.5. The summed E-state index contributed by atoms with van der Waals surface area (Å²) in [7, 11) is 0. The Morgan fingerprint density at radius 2 is 1.08 bits per heavy atom. The second kappa shape index (κ2) is 11.5. The van der Waals surface area contributed by atoms with Gasteiger partial charge in [-0.25, -0.2) is 0 Å². The summed E-state index contributed by atoms with van der Waals surface area (Å²) in [5.41, 5.74) is 5.89. The third-order valence-electron chi connectivity index (χ3n) is 9.69. The summed E-state index contributed by atoms with van der Waals surface area (Å²) in [6.07, 6.45) is 0. The Hall–Kier alpha value is -6.64. The van der Waals surface area contributed by atoms with Crippen LogP contribution in [0.25, 0.3) is 76.5 Å². The van der Waals surface area contributed by atoms with E-state index in [2.05, 4.69) is 66.7 Å². The Balaban J connectivity index is 1.26. The van der Waals surface area contributed by atoms with Gasteiger partial charge in [0, 0.05) is 22.1 Å². The van der Waals surface area contributed by atoms with Gasteiger partial charge in [-0.1, -0.05) is 139 Å². The molecule has 0 saturated carbocycles. The SMILES string of the molecule is [2H]c1c([2H])c(N(c2cccc(-c3ccc4ccccc4c3)c2)c2cccc3oc4c5ccccc5ccc4c23)c([2H])c([2H])c1-c1cccc2ccccc12. The molecule has 1 aromatic heterocycles. The van der Waals surface area contributed by atoms with Gasteiger partial charge in [0.1, 0.15) is 11.2 Å².